The van der Waals surface area contributed by atoms with Crippen LogP contribution in [-0.4, -0.2) is 34.7 Å². The number of amides is 1. The van der Waals surface area contributed by atoms with Crippen molar-refractivity contribution >= 4 is 11.6 Å². The van der Waals surface area contributed by atoms with Crippen molar-refractivity contribution in [3.8, 4) is 0 Å². The largest absolute Gasteiger partial charge is 0.322 e. The monoisotopic (exact) mass is 334 g/mol. The average molecular weight is 334 g/mol. The number of carbonyl (C=O) groups is 1. The molecule has 1 amide bonds. The van der Waals surface area contributed by atoms with Crippen molar-refractivity contribution in [2.75, 3.05) is 19.4 Å². The molecule has 0 fully saturated rings. The molecule has 3 aromatic rings. The minimum atomic E-state index is -0.100. The highest BCUT2D eigenvalue weighted by Gasteiger charge is 2.08. The summed E-state index contributed by atoms with van der Waals surface area (Å²) >= 11 is 0. The van der Waals surface area contributed by atoms with Gasteiger partial charge in [-0.05, 0) is 55.6 Å². The van der Waals surface area contributed by atoms with E-state index >= 15 is 0 Å². The molecular formula is C20H22N4O. The molecule has 0 spiro atoms. The van der Waals surface area contributed by atoms with Crippen LogP contribution in [0.3, 0.4) is 0 Å². The topological polar surface area (TPSA) is 50.2 Å². The molecule has 128 valence electrons. The zero-order chi connectivity index (χ0) is 17.6. The van der Waals surface area contributed by atoms with Gasteiger partial charge < -0.3 is 10.2 Å². The number of rotatable bonds is 6. The van der Waals surface area contributed by atoms with Gasteiger partial charge in [0, 0.05) is 30.2 Å². The SMILES string of the molecule is CN(C)Cc1cccc(C(=O)Nc2cccc(Cn3cccn3)c2)c1. The summed E-state index contributed by atoms with van der Waals surface area (Å²) in [6.45, 7) is 1.48. The third-order valence-electron chi connectivity index (χ3n) is 3.78. The highest BCUT2D eigenvalue weighted by Crippen LogP contribution is 2.14. The summed E-state index contributed by atoms with van der Waals surface area (Å²) in [5.41, 5.74) is 3.65. The lowest BCUT2D eigenvalue weighted by Crippen LogP contribution is -2.14. The fourth-order valence-corrected chi connectivity index (χ4v) is 2.71. The van der Waals surface area contributed by atoms with E-state index in [-0.39, 0.29) is 5.91 Å². The van der Waals surface area contributed by atoms with Crippen LogP contribution in [0.4, 0.5) is 5.69 Å². The van der Waals surface area contributed by atoms with Crippen molar-refractivity contribution < 1.29 is 4.79 Å². The van der Waals surface area contributed by atoms with E-state index in [0.29, 0.717) is 12.1 Å². The van der Waals surface area contributed by atoms with Crippen LogP contribution in [0.15, 0.2) is 67.0 Å². The first-order valence-electron chi connectivity index (χ1n) is 8.21. The van der Waals surface area contributed by atoms with Gasteiger partial charge in [0.05, 0.1) is 6.54 Å². The molecule has 0 radical (unpaired) electrons. The number of benzene rings is 2. The third-order valence-corrected chi connectivity index (χ3v) is 3.78. The standard InChI is InChI=1S/C20H22N4O/c1-23(2)14-16-6-3-8-18(12-16)20(25)22-19-9-4-7-17(13-19)15-24-11-5-10-21-24/h3-13H,14-15H2,1-2H3,(H,22,25). The first-order valence-corrected chi connectivity index (χ1v) is 8.21. The van der Waals surface area contributed by atoms with Crippen molar-refractivity contribution in [3.05, 3.63) is 83.7 Å². The predicted molar refractivity (Wildman–Crippen MR) is 99.6 cm³/mol. The Kier molecular flexibility index (Phi) is 5.26. The number of nitrogens with one attached hydrogen (secondary N) is 1. The fraction of sp³-hybridized carbons (Fsp3) is 0.200. The zero-order valence-corrected chi connectivity index (χ0v) is 14.5. The lowest BCUT2D eigenvalue weighted by atomic mass is 10.1. The summed E-state index contributed by atoms with van der Waals surface area (Å²) in [7, 11) is 4.02. The first kappa shape index (κ1) is 16.9. The molecule has 1 N–H and O–H groups in total. The van der Waals surface area contributed by atoms with E-state index in [2.05, 4.69) is 15.3 Å². The lowest BCUT2D eigenvalue weighted by Gasteiger charge is -2.11. The number of carbonyl (C=O) groups excluding carboxylic acids is 1. The molecule has 0 atom stereocenters. The minimum absolute atomic E-state index is 0.100. The first-order chi connectivity index (χ1) is 12.1. The average Bonchev–Trinajstić information content (AvgIpc) is 3.08. The Hall–Kier alpha value is -2.92. The molecule has 0 saturated carbocycles. The van der Waals surface area contributed by atoms with Gasteiger partial charge in [-0.2, -0.15) is 5.10 Å². The molecule has 0 aliphatic rings. The Morgan fingerprint density at radius 3 is 2.64 bits per heavy atom. The van der Waals surface area contributed by atoms with Crippen LogP contribution in [-0.2, 0) is 13.1 Å². The van der Waals surface area contributed by atoms with Crippen molar-refractivity contribution in [3.63, 3.8) is 0 Å². The molecule has 1 aromatic heterocycles. The minimum Gasteiger partial charge on any atom is -0.322 e. The van der Waals surface area contributed by atoms with Crippen molar-refractivity contribution in [2.24, 2.45) is 0 Å². The maximum Gasteiger partial charge on any atom is 0.255 e. The van der Waals surface area contributed by atoms with E-state index < -0.39 is 0 Å². The molecule has 0 saturated heterocycles. The van der Waals surface area contributed by atoms with Gasteiger partial charge >= 0.3 is 0 Å². The summed E-state index contributed by atoms with van der Waals surface area (Å²) in [5.74, 6) is -0.100. The van der Waals surface area contributed by atoms with Crippen LogP contribution in [0, 0.1) is 0 Å². The van der Waals surface area contributed by atoms with E-state index in [4.69, 9.17) is 0 Å². The van der Waals surface area contributed by atoms with Gasteiger partial charge in [-0.15, -0.1) is 0 Å². The Labute approximate surface area is 147 Å². The number of nitrogens with zero attached hydrogens (tertiary/aromatic N) is 3. The molecule has 0 aliphatic heterocycles. The van der Waals surface area contributed by atoms with Crippen molar-refractivity contribution in [1.29, 1.82) is 0 Å². The van der Waals surface area contributed by atoms with E-state index in [1.54, 1.807) is 6.20 Å². The van der Waals surface area contributed by atoms with Crippen molar-refractivity contribution in [2.45, 2.75) is 13.1 Å². The van der Waals surface area contributed by atoms with E-state index in [9.17, 15) is 4.79 Å². The number of aromatic nitrogens is 2. The maximum atomic E-state index is 12.5. The second-order valence-corrected chi connectivity index (χ2v) is 6.30. The van der Waals surface area contributed by atoms with E-state index in [0.717, 1.165) is 23.4 Å². The van der Waals surface area contributed by atoms with E-state index in [1.165, 1.54) is 0 Å². The van der Waals surface area contributed by atoms with Crippen LogP contribution in [0.25, 0.3) is 0 Å². The summed E-state index contributed by atoms with van der Waals surface area (Å²) in [4.78, 5) is 14.6. The smallest absolute Gasteiger partial charge is 0.255 e. The van der Waals surface area contributed by atoms with E-state index in [1.807, 2.05) is 79.6 Å². The Morgan fingerprint density at radius 1 is 1.08 bits per heavy atom. The molecule has 0 aliphatic carbocycles. The third kappa shape index (κ3) is 4.78. The molecular weight excluding hydrogens is 312 g/mol. The lowest BCUT2D eigenvalue weighted by molar-refractivity contribution is 0.102. The molecule has 2 aromatic carbocycles. The van der Waals surface area contributed by atoms with Gasteiger partial charge in [0.2, 0.25) is 0 Å². The van der Waals surface area contributed by atoms with Gasteiger partial charge in [-0.25, -0.2) is 0 Å². The van der Waals surface area contributed by atoms with Gasteiger partial charge in [-0.1, -0.05) is 24.3 Å². The molecule has 25 heavy (non-hydrogen) atoms. The molecule has 5 nitrogen and oxygen atoms in total. The normalized spacial score (nSPS) is 10.8. The summed E-state index contributed by atoms with van der Waals surface area (Å²) in [6, 6.07) is 17.4. The number of hydrogen-bond acceptors (Lipinski definition) is 3. The van der Waals surface area contributed by atoms with Gasteiger partial charge in [-0.3, -0.25) is 9.48 Å². The Balaban J connectivity index is 1.70. The van der Waals surface area contributed by atoms with Crippen molar-refractivity contribution in [1.82, 2.24) is 14.7 Å². The van der Waals surface area contributed by atoms with Crippen LogP contribution in [0.1, 0.15) is 21.5 Å². The van der Waals surface area contributed by atoms with Crippen LogP contribution in [0.5, 0.6) is 0 Å². The Bertz CT molecular complexity index is 840. The van der Waals surface area contributed by atoms with Gasteiger partial charge in [0.15, 0.2) is 0 Å². The molecule has 1 heterocycles. The molecule has 0 unspecified atom stereocenters. The fourth-order valence-electron chi connectivity index (χ4n) is 2.71. The molecule has 3 rings (SSSR count). The Morgan fingerprint density at radius 2 is 1.88 bits per heavy atom. The second-order valence-electron chi connectivity index (χ2n) is 6.30. The number of hydrogen-bond donors (Lipinski definition) is 1. The van der Waals surface area contributed by atoms with Gasteiger partial charge in [0.1, 0.15) is 0 Å². The quantitative estimate of drug-likeness (QED) is 0.753. The molecule has 5 heteroatoms. The number of anilines is 1. The highest BCUT2D eigenvalue weighted by molar-refractivity contribution is 6.04. The second kappa shape index (κ2) is 7.77. The van der Waals surface area contributed by atoms with Crippen LogP contribution in [0.2, 0.25) is 0 Å². The zero-order valence-electron chi connectivity index (χ0n) is 14.5. The van der Waals surface area contributed by atoms with Crippen LogP contribution < -0.4 is 5.32 Å². The molecule has 0 bridgehead atoms. The highest BCUT2D eigenvalue weighted by atomic mass is 16.1. The summed E-state index contributed by atoms with van der Waals surface area (Å²) < 4.78 is 1.85. The maximum absolute atomic E-state index is 12.5. The van der Waals surface area contributed by atoms with Gasteiger partial charge in [0.25, 0.3) is 5.91 Å². The summed E-state index contributed by atoms with van der Waals surface area (Å²) in [6.07, 6.45) is 3.67. The van der Waals surface area contributed by atoms with Crippen LogP contribution >= 0.6 is 0 Å². The predicted octanol–water partition coefficient (Wildman–Crippen LogP) is 3.25. The summed E-state index contributed by atoms with van der Waals surface area (Å²) in [5, 5.41) is 7.18.